The summed E-state index contributed by atoms with van der Waals surface area (Å²) in [5, 5.41) is 1.33. The van der Waals surface area contributed by atoms with Crippen molar-refractivity contribution in [3.05, 3.63) is 27.2 Å². The van der Waals surface area contributed by atoms with Crippen LogP contribution in [0.2, 0.25) is 10.0 Å². The minimum absolute atomic E-state index is 0.638. The largest absolute Gasteiger partial charge is 0.495 e. The summed E-state index contributed by atoms with van der Waals surface area (Å²) < 4.78 is 5.12. The van der Waals surface area contributed by atoms with Crippen molar-refractivity contribution in [2.24, 2.45) is 0 Å². The van der Waals surface area contributed by atoms with Gasteiger partial charge in [-0.2, -0.15) is 0 Å². The molecule has 0 bridgehead atoms. The Kier molecular flexibility index (Phi) is 18.5. The predicted octanol–water partition coefficient (Wildman–Crippen LogP) is 6.70. The van der Waals surface area contributed by atoms with Gasteiger partial charge in [-0.1, -0.05) is 64.7 Å². The molecule has 1 aromatic rings. The van der Waals surface area contributed by atoms with E-state index in [9.17, 15) is 0 Å². The summed E-state index contributed by atoms with van der Waals surface area (Å²) in [6.07, 6.45) is 0. The van der Waals surface area contributed by atoms with Gasteiger partial charge in [-0.15, -0.1) is 0 Å². The molecule has 0 heterocycles. The second-order valence-electron chi connectivity index (χ2n) is 2.65. The maximum Gasteiger partial charge on any atom is 0.142 e. The van der Waals surface area contributed by atoms with Crippen LogP contribution in [0.4, 0.5) is 0 Å². The SMILES string of the molecule is CC.CC.CC.COc1c(C)c(Cl)cc(C)c1Cl. The highest BCUT2D eigenvalue weighted by atomic mass is 35.5. The molecule has 0 saturated carbocycles. The summed E-state index contributed by atoms with van der Waals surface area (Å²) in [5.41, 5.74) is 1.82. The Morgan fingerprint density at radius 1 is 0.889 bits per heavy atom. The molecule has 0 aliphatic heterocycles. The van der Waals surface area contributed by atoms with Gasteiger partial charge < -0.3 is 4.74 Å². The van der Waals surface area contributed by atoms with Crippen LogP contribution in [0.25, 0.3) is 0 Å². The van der Waals surface area contributed by atoms with E-state index in [1.54, 1.807) is 7.11 Å². The predicted molar refractivity (Wildman–Crippen MR) is 86.5 cm³/mol. The third-order valence-electron chi connectivity index (χ3n) is 1.79. The standard InChI is InChI=1S/C9H10Cl2O.3C2H6/c1-5-4-7(10)6(2)9(12-3)8(5)11;3*1-2/h4H,1-3H3;3*1-2H3. The Bertz CT molecular complexity index is 284. The number of rotatable bonds is 1. The van der Waals surface area contributed by atoms with Crippen LogP contribution in [0, 0.1) is 13.8 Å². The van der Waals surface area contributed by atoms with Gasteiger partial charge in [-0.25, -0.2) is 0 Å². The second kappa shape index (κ2) is 14.7. The summed E-state index contributed by atoms with van der Waals surface area (Å²) >= 11 is 11.9. The van der Waals surface area contributed by atoms with E-state index in [1.165, 1.54) is 0 Å². The van der Waals surface area contributed by atoms with Gasteiger partial charge in [0, 0.05) is 10.6 Å². The lowest BCUT2D eigenvalue weighted by molar-refractivity contribution is 0.411. The summed E-state index contributed by atoms with van der Waals surface area (Å²) in [7, 11) is 1.59. The summed E-state index contributed by atoms with van der Waals surface area (Å²) in [6.45, 7) is 15.8. The lowest BCUT2D eigenvalue weighted by atomic mass is 10.1. The lowest BCUT2D eigenvalue weighted by Crippen LogP contribution is -1.91. The van der Waals surface area contributed by atoms with Crippen molar-refractivity contribution in [3.63, 3.8) is 0 Å². The van der Waals surface area contributed by atoms with Crippen LogP contribution in [0.15, 0.2) is 6.07 Å². The molecular formula is C15H28Cl2O. The van der Waals surface area contributed by atoms with Crippen LogP contribution in [0.3, 0.4) is 0 Å². The quantitative estimate of drug-likeness (QED) is 0.560. The number of halogens is 2. The minimum Gasteiger partial charge on any atom is -0.495 e. The Labute approximate surface area is 123 Å². The average Bonchev–Trinajstić information content (AvgIpc) is 2.44. The van der Waals surface area contributed by atoms with Gasteiger partial charge in [0.15, 0.2) is 0 Å². The number of aryl methyl sites for hydroxylation is 1. The maximum absolute atomic E-state index is 5.99. The first kappa shape index (κ1) is 22.8. The fourth-order valence-electron chi connectivity index (χ4n) is 1.06. The smallest absolute Gasteiger partial charge is 0.142 e. The van der Waals surface area contributed by atoms with Crippen molar-refractivity contribution >= 4 is 23.2 Å². The zero-order chi connectivity index (χ0) is 15.3. The fraction of sp³-hybridized carbons (Fsp3) is 0.600. The van der Waals surface area contributed by atoms with Crippen LogP contribution in [-0.4, -0.2) is 7.11 Å². The van der Waals surface area contributed by atoms with Crippen LogP contribution in [-0.2, 0) is 0 Å². The van der Waals surface area contributed by atoms with Crippen LogP contribution >= 0.6 is 23.2 Å². The summed E-state index contributed by atoms with van der Waals surface area (Å²) in [6, 6.07) is 1.84. The van der Waals surface area contributed by atoms with Crippen molar-refractivity contribution in [1.82, 2.24) is 0 Å². The molecule has 18 heavy (non-hydrogen) atoms. The first-order chi connectivity index (χ1) is 8.57. The summed E-state index contributed by atoms with van der Waals surface area (Å²) in [5.74, 6) is 0.668. The van der Waals surface area contributed by atoms with Gasteiger partial charge in [-0.05, 0) is 25.5 Å². The Morgan fingerprint density at radius 2 is 1.28 bits per heavy atom. The molecule has 0 radical (unpaired) electrons. The molecule has 0 saturated heterocycles. The van der Waals surface area contributed by atoms with Gasteiger partial charge in [0.2, 0.25) is 0 Å². The zero-order valence-corrected chi connectivity index (χ0v) is 14.8. The van der Waals surface area contributed by atoms with Crippen LogP contribution in [0.5, 0.6) is 5.75 Å². The lowest BCUT2D eigenvalue weighted by Gasteiger charge is -2.10. The van der Waals surface area contributed by atoms with Crippen molar-refractivity contribution in [2.45, 2.75) is 55.4 Å². The molecule has 1 rings (SSSR count). The molecule has 0 N–H and O–H groups in total. The van der Waals surface area contributed by atoms with E-state index < -0.39 is 0 Å². The monoisotopic (exact) mass is 294 g/mol. The molecule has 0 aliphatic carbocycles. The minimum atomic E-state index is 0.638. The Hall–Kier alpha value is -0.400. The highest BCUT2D eigenvalue weighted by Gasteiger charge is 2.10. The van der Waals surface area contributed by atoms with Gasteiger partial charge in [0.05, 0.1) is 12.1 Å². The van der Waals surface area contributed by atoms with Gasteiger partial charge in [0.1, 0.15) is 5.75 Å². The third kappa shape index (κ3) is 7.13. The van der Waals surface area contributed by atoms with Crippen LogP contribution < -0.4 is 4.74 Å². The number of hydrogen-bond donors (Lipinski definition) is 0. The van der Waals surface area contributed by atoms with Gasteiger partial charge in [-0.3, -0.25) is 0 Å². The first-order valence-electron chi connectivity index (χ1n) is 6.57. The van der Waals surface area contributed by atoms with E-state index in [2.05, 4.69) is 0 Å². The van der Waals surface area contributed by atoms with E-state index in [4.69, 9.17) is 27.9 Å². The molecule has 0 unspecified atom stereocenters. The zero-order valence-electron chi connectivity index (χ0n) is 13.2. The molecule has 0 amide bonds. The molecule has 0 aromatic heterocycles. The molecule has 1 nitrogen and oxygen atoms in total. The average molecular weight is 295 g/mol. The maximum atomic E-state index is 5.99. The topological polar surface area (TPSA) is 9.23 Å². The molecule has 0 aliphatic rings. The second-order valence-corrected chi connectivity index (χ2v) is 3.43. The van der Waals surface area contributed by atoms with E-state index >= 15 is 0 Å². The number of ether oxygens (including phenoxy) is 1. The first-order valence-corrected chi connectivity index (χ1v) is 7.32. The highest BCUT2D eigenvalue weighted by Crippen LogP contribution is 2.35. The molecular weight excluding hydrogens is 267 g/mol. The number of hydrogen-bond acceptors (Lipinski definition) is 1. The van der Waals surface area contributed by atoms with Crippen LogP contribution in [0.1, 0.15) is 52.7 Å². The van der Waals surface area contributed by atoms with E-state index in [1.807, 2.05) is 61.5 Å². The molecule has 1 aromatic carbocycles. The fourth-order valence-corrected chi connectivity index (χ4v) is 1.58. The van der Waals surface area contributed by atoms with E-state index in [0.717, 1.165) is 11.1 Å². The third-order valence-corrected chi connectivity index (χ3v) is 2.65. The molecule has 0 spiro atoms. The number of benzene rings is 1. The van der Waals surface area contributed by atoms with Gasteiger partial charge in [0.25, 0.3) is 0 Å². The van der Waals surface area contributed by atoms with Crippen molar-refractivity contribution in [1.29, 1.82) is 0 Å². The molecule has 108 valence electrons. The van der Waals surface area contributed by atoms with Crippen molar-refractivity contribution < 1.29 is 4.74 Å². The van der Waals surface area contributed by atoms with Crippen molar-refractivity contribution in [2.75, 3.05) is 7.11 Å². The van der Waals surface area contributed by atoms with Crippen molar-refractivity contribution in [3.8, 4) is 5.75 Å². The van der Waals surface area contributed by atoms with E-state index in [0.29, 0.717) is 15.8 Å². The summed E-state index contributed by atoms with van der Waals surface area (Å²) in [4.78, 5) is 0. The normalized spacial score (nSPS) is 7.72. The molecule has 0 atom stereocenters. The van der Waals surface area contributed by atoms with E-state index in [-0.39, 0.29) is 0 Å². The Morgan fingerprint density at radius 3 is 1.61 bits per heavy atom. The highest BCUT2D eigenvalue weighted by molar-refractivity contribution is 6.35. The Balaban J connectivity index is -0.000000328. The van der Waals surface area contributed by atoms with Gasteiger partial charge >= 0.3 is 0 Å². The molecule has 0 fully saturated rings. The number of methoxy groups -OCH3 is 1. The molecule has 3 heteroatoms.